The number of hydrogen-bond acceptors (Lipinski definition) is 8. The molecule has 4 atom stereocenters. The largest absolute Gasteiger partial charge is 0.496 e. The number of nitrogens with zero attached hydrogens (tertiary/aromatic N) is 2. The normalized spacial score (nSPS) is 18.1. The topological polar surface area (TPSA) is 43.4 Å². The Hall–Kier alpha value is -4.68. The molecule has 0 aromatic heterocycles. The van der Waals surface area contributed by atoms with Crippen molar-refractivity contribution < 1.29 is 27.7 Å². The molecule has 0 saturated carbocycles. The first-order chi connectivity index (χ1) is 29.4. The highest BCUT2D eigenvalue weighted by atomic mass is 32.2. The van der Waals surface area contributed by atoms with E-state index in [1.165, 1.54) is 23.3 Å². The predicted molar refractivity (Wildman–Crippen MR) is 239 cm³/mol. The van der Waals surface area contributed by atoms with Crippen LogP contribution in [-0.2, 0) is 22.6 Å². The fourth-order valence-corrected chi connectivity index (χ4v) is 10.2. The van der Waals surface area contributed by atoms with Crippen LogP contribution < -0.4 is 9.47 Å². The van der Waals surface area contributed by atoms with Gasteiger partial charge < -0.3 is 18.9 Å². The number of para-hydroxylation sites is 2. The van der Waals surface area contributed by atoms with Crippen LogP contribution in [0.2, 0.25) is 0 Å². The van der Waals surface area contributed by atoms with Crippen LogP contribution in [0.1, 0.15) is 32.8 Å². The predicted octanol–water partition coefficient (Wildman–Crippen LogP) is 11.1. The maximum absolute atomic E-state index is 14.1. The molecule has 6 aromatic rings. The zero-order chi connectivity index (χ0) is 41.5. The Morgan fingerprint density at radius 2 is 0.933 bits per heavy atom. The van der Waals surface area contributed by atoms with E-state index in [1.54, 1.807) is 62.0 Å². The van der Waals surface area contributed by atoms with Gasteiger partial charge in [0.05, 0.1) is 59.9 Å². The van der Waals surface area contributed by atoms with Crippen molar-refractivity contribution in [1.82, 2.24) is 9.80 Å². The van der Waals surface area contributed by atoms with E-state index in [-0.39, 0.29) is 34.3 Å². The second-order valence-electron chi connectivity index (χ2n) is 14.7. The van der Waals surface area contributed by atoms with Gasteiger partial charge in [0.25, 0.3) is 0 Å². The first-order valence-electron chi connectivity index (χ1n) is 20.3. The number of ether oxygens (including phenoxy) is 4. The van der Waals surface area contributed by atoms with Crippen LogP contribution in [0.5, 0.6) is 11.5 Å². The smallest absolute Gasteiger partial charge is 0.132 e. The summed E-state index contributed by atoms with van der Waals surface area (Å²) in [6.45, 7) is 6.45. The van der Waals surface area contributed by atoms with Gasteiger partial charge in [-0.15, -0.1) is 23.5 Å². The highest BCUT2D eigenvalue weighted by Gasteiger charge is 2.33. The van der Waals surface area contributed by atoms with E-state index in [2.05, 4.69) is 58.3 Å². The molecule has 312 valence electrons. The lowest BCUT2D eigenvalue weighted by molar-refractivity contribution is -0.0321. The molecule has 60 heavy (non-hydrogen) atoms. The van der Waals surface area contributed by atoms with Crippen molar-refractivity contribution in [2.45, 2.75) is 45.6 Å². The Bertz CT molecular complexity index is 2060. The molecule has 0 aliphatic carbocycles. The Morgan fingerprint density at radius 1 is 0.533 bits per heavy atom. The van der Waals surface area contributed by atoms with Gasteiger partial charge in [0.15, 0.2) is 0 Å². The number of rotatable bonds is 14. The zero-order valence-electron chi connectivity index (χ0n) is 34.1. The van der Waals surface area contributed by atoms with Crippen LogP contribution in [0.25, 0.3) is 0 Å². The van der Waals surface area contributed by atoms with Crippen molar-refractivity contribution in [3.8, 4) is 11.5 Å². The van der Waals surface area contributed by atoms with Gasteiger partial charge in [-0.05, 0) is 70.8 Å². The molecule has 0 amide bonds. The van der Waals surface area contributed by atoms with Gasteiger partial charge in [-0.3, -0.25) is 9.80 Å². The third kappa shape index (κ3) is 12.2. The Labute approximate surface area is 361 Å². The van der Waals surface area contributed by atoms with Crippen LogP contribution in [0, 0.1) is 11.6 Å². The number of hydrogen-bond donors (Lipinski definition) is 0. The maximum Gasteiger partial charge on any atom is 0.132 e. The Morgan fingerprint density at radius 3 is 1.33 bits per heavy atom. The summed E-state index contributed by atoms with van der Waals surface area (Å²) in [5.74, 6) is 1.19. The van der Waals surface area contributed by atoms with Crippen LogP contribution in [-0.4, -0.2) is 75.6 Å². The number of benzene rings is 6. The van der Waals surface area contributed by atoms with E-state index in [0.29, 0.717) is 13.2 Å². The average molecular weight is 847 g/mol. The molecule has 0 spiro atoms. The van der Waals surface area contributed by atoms with Crippen molar-refractivity contribution in [3.05, 3.63) is 192 Å². The summed E-state index contributed by atoms with van der Waals surface area (Å²) in [4.78, 5) is 6.88. The van der Waals surface area contributed by atoms with E-state index in [0.717, 1.165) is 71.7 Å². The molecule has 6 aromatic carbocycles. The number of morpholine rings is 2. The van der Waals surface area contributed by atoms with E-state index in [4.69, 9.17) is 18.9 Å². The van der Waals surface area contributed by atoms with Gasteiger partial charge >= 0.3 is 0 Å². The molecule has 0 N–H and O–H groups in total. The molecule has 6 nitrogen and oxygen atoms in total. The molecule has 8 rings (SSSR count). The number of halogens is 2. The third-order valence-corrected chi connectivity index (χ3v) is 13.4. The molecule has 10 heteroatoms. The first-order valence-corrected chi connectivity index (χ1v) is 22.1. The summed E-state index contributed by atoms with van der Waals surface area (Å²) < 4.78 is 51.7. The van der Waals surface area contributed by atoms with Crippen LogP contribution >= 0.6 is 23.5 Å². The van der Waals surface area contributed by atoms with Gasteiger partial charge in [0.2, 0.25) is 0 Å². The van der Waals surface area contributed by atoms with E-state index in [1.807, 2.05) is 72.8 Å². The summed E-state index contributed by atoms with van der Waals surface area (Å²) in [7, 11) is 3.35. The number of thioether (sulfide) groups is 2. The van der Waals surface area contributed by atoms with Crippen molar-refractivity contribution in [2.24, 2.45) is 0 Å². The minimum atomic E-state index is -0.227. The summed E-state index contributed by atoms with van der Waals surface area (Å²) in [6, 6.07) is 50.6. The second kappa shape index (κ2) is 22.2. The Kier molecular flexibility index (Phi) is 16.1. The standard InChI is InChI=1S/2C25H26FNO2S/c2*1-28-22-12-5-6-13-24(22)30-25(20-10-7-11-21(26)16-20)23-18-27(14-15-29-23)17-19-8-3-2-4-9-19/h2*2-13,16,23,25H,14-15,17-18H2,1H3/t2*23-,25-/m10/s1. The first kappa shape index (κ1) is 43.4. The lowest BCUT2D eigenvalue weighted by Gasteiger charge is -2.37. The molecule has 2 aliphatic heterocycles. The monoisotopic (exact) mass is 846 g/mol. The third-order valence-electron chi connectivity index (χ3n) is 10.5. The minimum absolute atomic E-state index is 0.0458. The van der Waals surface area contributed by atoms with Crippen LogP contribution in [0.15, 0.2) is 168 Å². The SMILES string of the molecule is COc1ccccc1S[C@@H](c1cccc(F)c1)[C@@H]1CN(Cc2ccccc2)CCO1.COc1ccccc1S[C@H](c1cccc(F)c1)[C@H]1CN(Cc2ccccc2)CCO1. The fraction of sp³-hybridized carbons (Fsp3) is 0.280. The highest BCUT2D eigenvalue weighted by molar-refractivity contribution is 8.00. The molecular formula is C50H52F2N2O4S2. The average Bonchev–Trinajstić information content (AvgIpc) is 3.29. The molecular weight excluding hydrogens is 795 g/mol. The minimum Gasteiger partial charge on any atom is -0.496 e. The van der Waals surface area contributed by atoms with Crippen molar-refractivity contribution in [2.75, 3.05) is 53.6 Å². The lowest BCUT2D eigenvalue weighted by atomic mass is 10.1. The zero-order valence-corrected chi connectivity index (χ0v) is 35.7. The molecule has 2 heterocycles. The molecule has 0 radical (unpaired) electrons. The molecule has 2 fully saturated rings. The van der Waals surface area contributed by atoms with Gasteiger partial charge in [-0.25, -0.2) is 8.78 Å². The van der Waals surface area contributed by atoms with Gasteiger partial charge in [-0.2, -0.15) is 0 Å². The summed E-state index contributed by atoms with van der Waals surface area (Å²) in [6.07, 6.45) is -0.113. The fourth-order valence-electron chi connectivity index (χ4n) is 7.59. The lowest BCUT2D eigenvalue weighted by Crippen LogP contribution is -2.44. The van der Waals surface area contributed by atoms with E-state index in [9.17, 15) is 8.78 Å². The van der Waals surface area contributed by atoms with Crippen LogP contribution in [0.4, 0.5) is 8.78 Å². The molecule has 0 bridgehead atoms. The highest BCUT2D eigenvalue weighted by Crippen LogP contribution is 2.45. The van der Waals surface area contributed by atoms with Gasteiger partial charge in [0.1, 0.15) is 23.1 Å². The Balaban J connectivity index is 0.000000181. The summed E-state index contributed by atoms with van der Waals surface area (Å²) in [5.41, 5.74) is 4.44. The van der Waals surface area contributed by atoms with Gasteiger partial charge in [-0.1, -0.05) is 109 Å². The van der Waals surface area contributed by atoms with Crippen LogP contribution in [0.3, 0.4) is 0 Å². The molecule has 2 aliphatic rings. The number of methoxy groups -OCH3 is 2. The van der Waals surface area contributed by atoms with Crippen molar-refractivity contribution >= 4 is 23.5 Å². The summed E-state index contributed by atoms with van der Waals surface area (Å²) >= 11 is 3.35. The van der Waals surface area contributed by atoms with E-state index < -0.39 is 0 Å². The van der Waals surface area contributed by atoms with E-state index >= 15 is 0 Å². The molecule has 0 unspecified atom stereocenters. The molecule has 2 saturated heterocycles. The van der Waals surface area contributed by atoms with Gasteiger partial charge in [0, 0.05) is 39.3 Å². The van der Waals surface area contributed by atoms with Crippen molar-refractivity contribution in [1.29, 1.82) is 0 Å². The van der Waals surface area contributed by atoms with Crippen molar-refractivity contribution in [3.63, 3.8) is 0 Å². The summed E-state index contributed by atoms with van der Waals surface area (Å²) in [5, 5.41) is -0.0915. The quantitative estimate of drug-likeness (QED) is 0.100. The second-order valence-corrected chi connectivity index (χ2v) is 17.1. The maximum atomic E-state index is 14.1.